The van der Waals surface area contributed by atoms with Crippen LogP contribution in [-0.4, -0.2) is 11.0 Å². The number of nitrogens with one attached hydrogen (secondary N) is 1. The number of hydrogen-bond donors (Lipinski definition) is 3. The highest BCUT2D eigenvalue weighted by molar-refractivity contribution is 5.93. The average molecular weight is 242 g/mol. The van der Waals surface area contributed by atoms with Gasteiger partial charge in [0.15, 0.2) is 0 Å². The molecule has 0 unspecified atom stereocenters. The van der Waals surface area contributed by atoms with Gasteiger partial charge in [0.25, 0.3) is 0 Å². The summed E-state index contributed by atoms with van der Waals surface area (Å²) in [6, 6.07) is 14.0. The van der Waals surface area contributed by atoms with Crippen LogP contribution in [-0.2, 0) is 6.54 Å². The molecule has 0 radical (unpaired) electrons. The minimum atomic E-state index is -0.442. The van der Waals surface area contributed by atoms with E-state index in [0.717, 1.165) is 11.3 Å². The Bertz CT molecular complexity index is 550. The summed E-state index contributed by atoms with van der Waals surface area (Å²) < 4.78 is 0. The molecule has 4 nitrogen and oxygen atoms in total. The predicted molar refractivity (Wildman–Crippen MR) is 70.4 cm³/mol. The smallest absolute Gasteiger partial charge is 0.248 e. The van der Waals surface area contributed by atoms with Crippen LogP contribution in [0.3, 0.4) is 0 Å². The Kier molecular flexibility index (Phi) is 3.48. The molecule has 0 saturated carbocycles. The van der Waals surface area contributed by atoms with Gasteiger partial charge in [0.2, 0.25) is 5.91 Å². The number of anilines is 1. The SMILES string of the molecule is NC(=O)c1ccc(NCc2ccccc2O)cc1. The van der Waals surface area contributed by atoms with Crippen LogP contribution in [0.4, 0.5) is 5.69 Å². The van der Waals surface area contributed by atoms with Crippen molar-refractivity contribution in [1.29, 1.82) is 0 Å². The minimum absolute atomic E-state index is 0.263. The Balaban J connectivity index is 2.02. The van der Waals surface area contributed by atoms with Crippen molar-refractivity contribution < 1.29 is 9.90 Å². The molecule has 0 aliphatic carbocycles. The first kappa shape index (κ1) is 12.0. The van der Waals surface area contributed by atoms with Crippen LogP contribution in [0.1, 0.15) is 15.9 Å². The Labute approximate surface area is 105 Å². The van der Waals surface area contributed by atoms with E-state index in [4.69, 9.17) is 5.73 Å². The average Bonchev–Trinajstić information content (AvgIpc) is 2.38. The lowest BCUT2D eigenvalue weighted by atomic mass is 10.1. The Morgan fingerprint density at radius 2 is 1.78 bits per heavy atom. The van der Waals surface area contributed by atoms with Crippen LogP contribution >= 0.6 is 0 Å². The van der Waals surface area contributed by atoms with Gasteiger partial charge in [-0.15, -0.1) is 0 Å². The minimum Gasteiger partial charge on any atom is -0.508 e. The largest absolute Gasteiger partial charge is 0.508 e. The zero-order valence-corrected chi connectivity index (χ0v) is 9.76. The van der Waals surface area contributed by atoms with Crippen molar-refractivity contribution in [2.75, 3.05) is 5.32 Å². The zero-order valence-electron chi connectivity index (χ0n) is 9.76. The number of phenols is 1. The van der Waals surface area contributed by atoms with Crippen LogP contribution in [0.5, 0.6) is 5.75 Å². The fourth-order valence-electron chi connectivity index (χ4n) is 1.61. The topological polar surface area (TPSA) is 75.4 Å². The molecule has 0 atom stereocenters. The van der Waals surface area contributed by atoms with Gasteiger partial charge in [0, 0.05) is 23.4 Å². The van der Waals surface area contributed by atoms with Gasteiger partial charge in [-0.3, -0.25) is 4.79 Å². The van der Waals surface area contributed by atoms with Gasteiger partial charge in [-0.1, -0.05) is 18.2 Å². The highest BCUT2D eigenvalue weighted by Gasteiger charge is 2.01. The monoisotopic (exact) mass is 242 g/mol. The maximum absolute atomic E-state index is 10.9. The van der Waals surface area contributed by atoms with E-state index in [1.165, 1.54) is 0 Å². The molecular formula is C14H14N2O2. The van der Waals surface area contributed by atoms with Crippen LogP contribution in [0.2, 0.25) is 0 Å². The molecule has 0 aromatic heterocycles. The zero-order chi connectivity index (χ0) is 13.0. The molecule has 0 fully saturated rings. The molecule has 1 amide bonds. The number of para-hydroxylation sites is 1. The standard InChI is InChI=1S/C14H14N2O2/c15-14(18)10-5-7-12(8-6-10)16-9-11-3-1-2-4-13(11)17/h1-8,16-17H,9H2,(H2,15,18). The van der Waals surface area contributed by atoms with Gasteiger partial charge in [0.1, 0.15) is 5.75 Å². The van der Waals surface area contributed by atoms with Crippen molar-refractivity contribution in [3.05, 3.63) is 59.7 Å². The first-order valence-electron chi connectivity index (χ1n) is 5.57. The molecule has 4 heteroatoms. The van der Waals surface area contributed by atoms with E-state index in [1.807, 2.05) is 12.1 Å². The molecule has 18 heavy (non-hydrogen) atoms. The summed E-state index contributed by atoms with van der Waals surface area (Å²) >= 11 is 0. The molecule has 0 aliphatic rings. The van der Waals surface area contributed by atoms with E-state index in [9.17, 15) is 9.90 Å². The summed E-state index contributed by atoms with van der Waals surface area (Å²) in [5, 5.41) is 12.8. The van der Waals surface area contributed by atoms with Crippen LogP contribution in [0.15, 0.2) is 48.5 Å². The summed E-state index contributed by atoms with van der Waals surface area (Å²) in [6.07, 6.45) is 0. The maximum Gasteiger partial charge on any atom is 0.248 e. The van der Waals surface area contributed by atoms with E-state index in [0.29, 0.717) is 12.1 Å². The third-order valence-corrected chi connectivity index (χ3v) is 2.64. The third kappa shape index (κ3) is 2.79. The molecule has 2 aromatic rings. The second-order valence-corrected chi connectivity index (χ2v) is 3.92. The molecule has 2 aromatic carbocycles. The number of rotatable bonds is 4. The molecular weight excluding hydrogens is 228 g/mol. The van der Waals surface area contributed by atoms with Gasteiger partial charge >= 0.3 is 0 Å². The van der Waals surface area contributed by atoms with Crippen molar-refractivity contribution in [2.24, 2.45) is 5.73 Å². The van der Waals surface area contributed by atoms with Crippen molar-refractivity contribution in [1.82, 2.24) is 0 Å². The summed E-state index contributed by atoms with van der Waals surface area (Å²) in [6.45, 7) is 0.516. The Morgan fingerprint density at radius 3 is 2.39 bits per heavy atom. The summed E-state index contributed by atoms with van der Waals surface area (Å²) in [5.41, 5.74) is 7.31. The first-order chi connectivity index (χ1) is 8.66. The van der Waals surface area contributed by atoms with Gasteiger partial charge in [-0.05, 0) is 30.3 Å². The summed E-state index contributed by atoms with van der Waals surface area (Å²) in [5.74, 6) is -0.180. The van der Waals surface area contributed by atoms with Gasteiger partial charge in [-0.2, -0.15) is 0 Å². The number of amides is 1. The summed E-state index contributed by atoms with van der Waals surface area (Å²) in [7, 11) is 0. The molecule has 92 valence electrons. The van der Waals surface area contributed by atoms with Crippen molar-refractivity contribution in [2.45, 2.75) is 6.54 Å². The van der Waals surface area contributed by atoms with E-state index in [2.05, 4.69) is 5.32 Å². The number of primary amides is 1. The number of hydrogen-bond acceptors (Lipinski definition) is 3. The molecule has 0 saturated heterocycles. The van der Waals surface area contributed by atoms with Gasteiger partial charge < -0.3 is 16.2 Å². The number of nitrogens with two attached hydrogens (primary N) is 1. The molecule has 4 N–H and O–H groups in total. The highest BCUT2D eigenvalue weighted by Crippen LogP contribution is 2.17. The molecule has 2 rings (SSSR count). The molecule has 0 heterocycles. The van der Waals surface area contributed by atoms with Crippen LogP contribution in [0.25, 0.3) is 0 Å². The van der Waals surface area contributed by atoms with Crippen molar-refractivity contribution >= 4 is 11.6 Å². The number of carbonyl (C=O) groups is 1. The van der Waals surface area contributed by atoms with E-state index >= 15 is 0 Å². The van der Waals surface area contributed by atoms with Crippen molar-refractivity contribution in [3.8, 4) is 5.75 Å². The number of aromatic hydroxyl groups is 1. The van der Waals surface area contributed by atoms with Crippen molar-refractivity contribution in [3.63, 3.8) is 0 Å². The van der Waals surface area contributed by atoms with E-state index in [1.54, 1.807) is 36.4 Å². The number of phenolic OH excluding ortho intramolecular Hbond substituents is 1. The fraction of sp³-hybridized carbons (Fsp3) is 0.0714. The van der Waals surface area contributed by atoms with Gasteiger partial charge in [-0.25, -0.2) is 0 Å². The lowest BCUT2D eigenvalue weighted by molar-refractivity contribution is 0.100. The molecule has 0 spiro atoms. The maximum atomic E-state index is 10.9. The first-order valence-corrected chi connectivity index (χ1v) is 5.57. The van der Waals surface area contributed by atoms with Crippen LogP contribution in [0, 0.1) is 0 Å². The van der Waals surface area contributed by atoms with E-state index < -0.39 is 5.91 Å². The van der Waals surface area contributed by atoms with Crippen LogP contribution < -0.4 is 11.1 Å². The predicted octanol–water partition coefficient (Wildman–Crippen LogP) is 2.10. The number of benzene rings is 2. The molecule has 0 aliphatic heterocycles. The van der Waals surface area contributed by atoms with E-state index in [-0.39, 0.29) is 5.75 Å². The third-order valence-electron chi connectivity index (χ3n) is 2.64. The second kappa shape index (κ2) is 5.23. The molecule has 0 bridgehead atoms. The normalized spacial score (nSPS) is 10.0. The fourth-order valence-corrected chi connectivity index (χ4v) is 1.61. The van der Waals surface area contributed by atoms with Gasteiger partial charge in [0.05, 0.1) is 0 Å². The summed E-state index contributed by atoms with van der Waals surface area (Å²) in [4.78, 5) is 10.9. The quantitative estimate of drug-likeness (QED) is 0.768. The highest BCUT2D eigenvalue weighted by atomic mass is 16.3. The second-order valence-electron chi connectivity index (χ2n) is 3.92. The Morgan fingerprint density at radius 1 is 1.11 bits per heavy atom. The lowest BCUT2D eigenvalue weighted by Crippen LogP contribution is -2.10. The Hall–Kier alpha value is -2.49. The number of carbonyl (C=O) groups excluding carboxylic acids is 1. The lowest BCUT2D eigenvalue weighted by Gasteiger charge is -2.08.